The molecule has 0 aliphatic heterocycles. The Kier molecular flexibility index (Phi) is 5.82. The van der Waals surface area contributed by atoms with Gasteiger partial charge in [-0.2, -0.15) is 4.72 Å². The van der Waals surface area contributed by atoms with Crippen LogP contribution in [0.15, 0.2) is 57.8 Å². The summed E-state index contributed by atoms with van der Waals surface area (Å²) in [7, 11) is -3.86. The van der Waals surface area contributed by atoms with Crippen molar-refractivity contribution >= 4 is 32.7 Å². The van der Waals surface area contributed by atoms with Crippen molar-refractivity contribution < 1.29 is 27.2 Å². The van der Waals surface area contributed by atoms with Gasteiger partial charge >= 0.3 is 5.97 Å². The van der Waals surface area contributed by atoms with E-state index in [0.29, 0.717) is 11.1 Å². The average Bonchev–Trinajstić information content (AvgIpc) is 3.07. The molecule has 0 atom stereocenters. The first-order chi connectivity index (χ1) is 13.8. The maximum atomic E-state index is 12.4. The molecule has 0 aliphatic rings. The molecule has 0 saturated heterocycles. The molecule has 148 valence electrons. The van der Waals surface area contributed by atoms with Crippen molar-refractivity contribution in [1.82, 2.24) is 4.72 Å². The number of ether oxygens (including phenoxy) is 1. The molecule has 1 aromatic heterocycles. The van der Waals surface area contributed by atoms with E-state index in [2.05, 4.69) is 10.6 Å². The minimum Gasteiger partial charge on any atom is -0.454 e. The van der Waals surface area contributed by atoms with Crippen LogP contribution in [0.1, 0.15) is 26.5 Å². The van der Waals surface area contributed by atoms with Crippen LogP contribution in [-0.2, 0) is 14.8 Å². The molecule has 1 N–H and O–H groups in total. The lowest BCUT2D eigenvalue weighted by molar-refractivity contribution is 0.0468. The third-order valence-electron chi connectivity index (χ3n) is 4.18. The van der Waals surface area contributed by atoms with Gasteiger partial charge in [0.15, 0.2) is 12.4 Å². The Balaban J connectivity index is 1.72. The number of nitrogens with one attached hydrogen (secondary N) is 1. The number of ketones is 1. The van der Waals surface area contributed by atoms with E-state index >= 15 is 0 Å². The number of hydrogen-bond acceptors (Lipinski definition) is 6. The maximum absolute atomic E-state index is 12.4. The summed E-state index contributed by atoms with van der Waals surface area (Å²) >= 11 is 0. The van der Waals surface area contributed by atoms with Gasteiger partial charge in [0.2, 0.25) is 15.8 Å². The summed E-state index contributed by atoms with van der Waals surface area (Å²) in [5.41, 5.74) is 1.22. The average molecular weight is 411 g/mol. The van der Waals surface area contributed by atoms with Gasteiger partial charge in [-0.15, -0.1) is 6.42 Å². The minimum absolute atomic E-state index is 0.0114. The maximum Gasteiger partial charge on any atom is 0.338 e. The Labute approximate surface area is 167 Å². The fraction of sp³-hybridized carbons (Fsp3) is 0.143. The number of sulfonamides is 1. The Hall–Kier alpha value is -3.41. The number of esters is 1. The zero-order chi connectivity index (χ0) is 21.0. The Bertz CT molecular complexity index is 1230. The highest BCUT2D eigenvalue weighted by molar-refractivity contribution is 7.89. The second kappa shape index (κ2) is 8.31. The number of carbonyl (C=O) groups is 2. The normalized spacial score (nSPS) is 11.2. The van der Waals surface area contributed by atoms with Crippen LogP contribution in [0, 0.1) is 19.3 Å². The van der Waals surface area contributed by atoms with E-state index < -0.39 is 28.4 Å². The number of terminal acetylenes is 1. The van der Waals surface area contributed by atoms with Gasteiger partial charge in [-0.05, 0) is 31.2 Å². The first-order valence-corrected chi connectivity index (χ1v) is 10.0. The van der Waals surface area contributed by atoms with E-state index in [1.807, 2.05) is 12.1 Å². The van der Waals surface area contributed by atoms with Gasteiger partial charge in [-0.1, -0.05) is 30.2 Å². The first kappa shape index (κ1) is 20.3. The molecule has 3 rings (SSSR count). The molecule has 0 saturated carbocycles. The largest absolute Gasteiger partial charge is 0.454 e. The number of furan rings is 1. The molecular weight excluding hydrogens is 394 g/mol. The Morgan fingerprint density at radius 3 is 2.66 bits per heavy atom. The smallest absolute Gasteiger partial charge is 0.338 e. The highest BCUT2D eigenvalue weighted by Crippen LogP contribution is 2.25. The van der Waals surface area contributed by atoms with Crippen LogP contribution in [0.5, 0.6) is 0 Å². The summed E-state index contributed by atoms with van der Waals surface area (Å²) in [5.74, 6) is 0.958. The van der Waals surface area contributed by atoms with E-state index in [1.165, 1.54) is 18.2 Å². The number of benzene rings is 2. The van der Waals surface area contributed by atoms with Crippen molar-refractivity contribution in [3.8, 4) is 12.3 Å². The van der Waals surface area contributed by atoms with Crippen molar-refractivity contribution in [1.29, 1.82) is 0 Å². The van der Waals surface area contributed by atoms with Crippen molar-refractivity contribution in [3.63, 3.8) is 0 Å². The minimum atomic E-state index is -3.86. The second-order valence-electron chi connectivity index (χ2n) is 6.11. The van der Waals surface area contributed by atoms with Gasteiger partial charge in [0.05, 0.1) is 17.0 Å². The molecule has 3 aromatic rings. The fourth-order valence-electron chi connectivity index (χ4n) is 2.73. The molecule has 0 aliphatic carbocycles. The van der Waals surface area contributed by atoms with Crippen LogP contribution in [0.3, 0.4) is 0 Å². The van der Waals surface area contributed by atoms with Gasteiger partial charge < -0.3 is 9.15 Å². The highest BCUT2D eigenvalue weighted by Gasteiger charge is 2.20. The van der Waals surface area contributed by atoms with Crippen molar-refractivity contribution in [2.75, 3.05) is 13.2 Å². The molecule has 0 fully saturated rings. The van der Waals surface area contributed by atoms with Gasteiger partial charge in [-0.3, -0.25) is 4.79 Å². The van der Waals surface area contributed by atoms with E-state index in [1.54, 1.807) is 19.1 Å². The topological polar surface area (TPSA) is 103 Å². The van der Waals surface area contributed by atoms with Crippen LogP contribution in [0.4, 0.5) is 0 Å². The lowest BCUT2D eigenvalue weighted by atomic mass is 10.1. The van der Waals surface area contributed by atoms with Crippen molar-refractivity contribution in [2.45, 2.75) is 11.8 Å². The van der Waals surface area contributed by atoms with E-state index in [4.69, 9.17) is 15.6 Å². The van der Waals surface area contributed by atoms with Crippen LogP contribution >= 0.6 is 0 Å². The molecule has 0 spiro atoms. The molecule has 2 aromatic carbocycles. The summed E-state index contributed by atoms with van der Waals surface area (Å²) in [6.07, 6.45) is 5.05. The molecule has 0 unspecified atom stereocenters. The van der Waals surface area contributed by atoms with Crippen LogP contribution < -0.4 is 4.72 Å². The van der Waals surface area contributed by atoms with E-state index in [0.717, 1.165) is 11.5 Å². The molecule has 7 nitrogen and oxygen atoms in total. The molecule has 29 heavy (non-hydrogen) atoms. The van der Waals surface area contributed by atoms with Crippen LogP contribution in [-0.4, -0.2) is 33.3 Å². The van der Waals surface area contributed by atoms with Gasteiger partial charge in [0, 0.05) is 10.9 Å². The summed E-state index contributed by atoms with van der Waals surface area (Å²) in [4.78, 5) is 24.6. The number of rotatable bonds is 7. The fourth-order valence-corrected chi connectivity index (χ4v) is 3.71. The zero-order valence-corrected chi connectivity index (χ0v) is 16.3. The summed E-state index contributed by atoms with van der Waals surface area (Å²) in [5, 5.41) is 0.805. The number of carbonyl (C=O) groups excluding carboxylic acids is 2. The number of aryl methyl sites for hydroxylation is 1. The summed E-state index contributed by atoms with van der Waals surface area (Å²) in [6, 6.07) is 12.4. The van der Waals surface area contributed by atoms with Crippen LogP contribution in [0.2, 0.25) is 0 Å². The predicted molar refractivity (Wildman–Crippen MR) is 106 cm³/mol. The molecule has 0 bridgehead atoms. The number of fused-ring (bicyclic) bond motifs is 1. The van der Waals surface area contributed by atoms with E-state index in [-0.39, 0.29) is 22.8 Å². The second-order valence-corrected chi connectivity index (χ2v) is 7.88. The lowest BCUT2D eigenvalue weighted by Gasteiger charge is -2.07. The van der Waals surface area contributed by atoms with Gasteiger partial charge in [0.25, 0.3) is 0 Å². The monoisotopic (exact) mass is 411 g/mol. The SMILES string of the molecule is C#CCNS(=O)(=O)c1cccc(C(=O)OCC(=O)c2oc3ccccc3c2C)c1. The van der Waals surface area contributed by atoms with Crippen molar-refractivity contribution in [3.05, 3.63) is 65.4 Å². The molecule has 0 radical (unpaired) electrons. The van der Waals surface area contributed by atoms with E-state index in [9.17, 15) is 18.0 Å². The summed E-state index contributed by atoms with van der Waals surface area (Å²) in [6.45, 7) is 1.03. The number of Topliss-reactive ketones (excluding diaryl/α,β-unsaturated/α-hetero) is 1. The third kappa shape index (κ3) is 4.37. The number of para-hydroxylation sites is 1. The third-order valence-corrected chi connectivity index (χ3v) is 5.57. The number of hydrogen-bond donors (Lipinski definition) is 1. The lowest BCUT2D eigenvalue weighted by Crippen LogP contribution is -2.24. The molecular formula is C21H17NO6S. The van der Waals surface area contributed by atoms with Gasteiger partial charge in [-0.25, -0.2) is 13.2 Å². The van der Waals surface area contributed by atoms with Gasteiger partial charge in [0.1, 0.15) is 5.58 Å². The Morgan fingerprint density at radius 1 is 1.17 bits per heavy atom. The molecule has 1 heterocycles. The summed E-state index contributed by atoms with van der Waals surface area (Å²) < 4.78 is 37.0. The molecule has 8 heteroatoms. The zero-order valence-electron chi connectivity index (χ0n) is 15.5. The Morgan fingerprint density at radius 2 is 1.93 bits per heavy atom. The van der Waals surface area contributed by atoms with Crippen molar-refractivity contribution in [2.24, 2.45) is 0 Å². The van der Waals surface area contributed by atoms with Crippen LogP contribution in [0.25, 0.3) is 11.0 Å². The standard InChI is InChI=1S/C21H17NO6S/c1-3-11-22-29(25,26)16-8-6-7-15(12-16)21(24)27-13-18(23)20-14(2)17-9-4-5-10-19(17)28-20/h1,4-10,12,22H,11,13H2,2H3. The predicted octanol–water partition coefficient (Wildman–Crippen LogP) is 2.69. The molecule has 0 amide bonds. The quantitative estimate of drug-likeness (QED) is 0.364. The highest BCUT2D eigenvalue weighted by atomic mass is 32.2. The first-order valence-electron chi connectivity index (χ1n) is 8.55.